The molecule has 1 aliphatic heterocycles. The van der Waals surface area contributed by atoms with E-state index in [0.717, 1.165) is 21.8 Å². The Morgan fingerprint density at radius 1 is 0.892 bits per heavy atom. The number of amides is 4. The fraction of sp³-hybridized carbons (Fsp3) is 0.179. The molecule has 1 fully saturated rings. The van der Waals surface area contributed by atoms with E-state index in [1.54, 1.807) is 36.4 Å². The molecule has 0 spiro atoms. The lowest BCUT2D eigenvalue weighted by molar-refractivity contribution is -0.122. The van der Waals surface area contributed by atoms with E-state index in [-0.39, 0.29) is 23.8 Å². The van der Waals surface area contributed by atoms with Gasteiger partial charge in [0.15, 0.2) is 11.5 Å². The second-order valence-electron chi connectivity index (χ2n) is 8.34. The van der Waals surface area contributed by atoms with Crippen LogP contribution in [-0.2, 0) is 9.59 Å². The molecule has 0 atom stereocenters. The molecule has 190 valence electrons. The van der Waals surface area contributed by atoms with Gasteiger partial charge in [0.05, 0.1) is 17.8 Å². The minimum atomic E-state index is -0.816. The van der Waals surface area contributed by atoms with Gasteiger partial charge in [-0.1, -0.05) is 47.0 Å². The van der Waals surface area contributed by atoms with Crippen molar-refractivity contribution >= 4 is 41.2 Å². The van der Waals surface area contributed by atoms with Crippen LogP contribution in [0.1, 0.15) is 16.7 Å². The molecular formula is C28H25ClN2O6. The van der Waals surface area contributed by atoms with Gasteiger partial charge in [-0.25, -0.2) is 9.69 Å². The molecule has 4 rings (SSSR count). The molecule has 4 amide bonds. The van der Waals surface area contributed by atoms with Gasteiger partial charge < -0.3 is 14.2 Å². The van der Waals surface area contributed by atoms with Crippen molar-refractivity contribution in [3.8, 4) is 17.2 Å². The molecule has 8 nitrogen and oxygen atoms in total. The summed E-state index contributed by atoms with van der Waals surface area (Å²) < 4.78 is 16.9. The molecule has 37 heavy (non-hydrogen) atoms. The number of aryl methyl sites for hydroxylation is 2. The van der Waals surface area contributed by atoms with Crippen LogP contribution in [0.25, 0.3) is 6.08 Å². The molecule has 1 heterocycles. The third kappa shape index (κ3) is 5.92. The number of nitrogens with one attached hydrogen (secondary N) is 1. The molecule has 9 heteroatoms. The Kier molecular flexibility index (Phi) is 7.79. The lowest BCUT2D eigenvalue weighted by Crippen LogP contribution is -2.54. The smallest absolute Gasteiger partial charge is 0.335 e. The summed E-state index contributed by atoms with van der Waals surface area (Å²) in [7, 11) is 1.45. The maximum absolute atomic E-state index is 13.1. The van der Waals surface area contributed by atoms with Gasteiger partial charge in [-0.15, -0.1) is 0 Å². The number of benzene rings is 3. The van der Waals surface area contributed by atoms with Gasteiger partial charge in [0.1, 0.15) is 24.5 Å². The molecule has 0 aliphatic carbocycles. The molecule has 0 aromatic heterocycles. The van der Waals surface area contributed by atoms with Gasteiger partial charge in [-0.05, 0) is 61.9 Å². The second kappa shape index (κ2) is 11.2. The number of ether oxygens (including phenoxy) is 3. The Hall–Kier alpha value is -4.30. The molecule has 3 aromatic rings. The first-order chi connectivity index (χ1) is 17.8. The average Bonchev–Trinajstić information content (AvgIpc) is 2.87. The largest absolute Gasteiger partial charge is 0.493 e. The van der Waals surface area contributed by atoms with E-state index in [4.69, 9.17) is 25.8 Å². The standard InChI is InChI=1S/C28H25ClN2O6/c1-17-4-8-20(9-5-17)31-27(33)22(26(32)30-28(31)34)14-19-15-23(29)25(24(16-19)35-3)37-13-12-36-21-10-6-18(2)7-11-21/h4-11,14-16H,12-13H2,1-3H3,(H,30,32,34). The van der Waals surface area contributed by atoms with E-state index in [2.05, 4.69) is 5.32 Å². The Bertz CT molecular complexity index is 1370. The molecule has 1 aliphatic rings. The summed E-state index contributed by atoms with van der Waals surface area (Å²) in [6.45, 7) is 4.38. The van der Waals surface area contributed by atoms with Crippen molar-refractivity contribution in [2.45, 2.75) is 13.8 Å². The number of imide groups is 2. The predicted octanol–water partition coefficient (Wildman–Crippen LogP) is 5.09. The highest BCUT2D eigenvalue weighted by molar-refractivity contribution is 6.39. The van der Waals surface area contributed by atoms with Crippen LogP contribution in [0, 0.1) is 13.8 Å². The van der Waals surface area contributed by atoms with Gasteiger partial charge in [0.25, 0.3) is 11.8 Å². The highest BCUT2D eigenvalue weighted by Crippen LogP contribution is 2.37. The highest BCUT2D eigenvalue weighted by atomic mass is 35.5. The summed E-state index contributed by atoms with van der Waals surface area (Å²) in [4.78, 5) is 39.0. The Balaban J connectivity index is 1.52. The SMILES string of the molecule is COc1cc(C=C2C(=O)NC(=O)N(c3ccc(C)cc3)C2=O)cc(Cl)c1OCCOc1ccc(C)cc1. The van der Waals surface area contributed by atoms with Gasteiger partial charge in [0.2, 0.25) is 0 Å². The summed E-state index contributed by atoms with van der Waals surface area (Å²) >= 11 is 6.45. The molecule has 0 bridgehead atoms. The third-order valence-electron chi connectivity index (χ3n) is 5.58. The van der Waals surface area contributed by atoms with Crippen molar-refractivity contribution in [2.75, 3.05) is 25.2 Å². The van der Waals surface area contributed by atoms with Crippen LogP contribution in [0.3, 0.4) is 0 Å². The van der Waals surface area contributed by atoms with E-state index in [1.807, 2.05) is 38.1 Å². The van der Waals surface area contributed by atoms with E-state index in [0.29, 0.717) is 22.7 Å². The third-order valence-corrected chi connectivity index (χ3v) is 5.86. The number of hydrogen-bond donors (Lipinski definition) is 1. The van der Waals surface area contributed by atoms with Crippen LogP contribution < -0.4 is 24.4 Å². The first kappa shape index (κ1) is 25.8. The first-order valence-electron chi connectivity index (χ1n) is 11.4. The average molecular weight is 521 g/mol. The van der Waals surface area contributed by atoms with Crippen molar-refractivity contribution in [1.29, 1.82) is 0 Å². The molecule has 0 radical (unpaired) electrons. The lowest BCUT2D eigenvalue weighted by atomic mass is 10.1. The van der Waals surface area contributed by atoms with Gasteiger partial charge >= 0.3 is 6.03 Å². The van der Waals surface area contributed by atoms with E-state index < -0.39 is 17.8 Å². The molecule has 1 saturated heterocycles. The number of anilines is 1. The number of carbonyl (C=O) groups is 3. The fourth-order valence-corrected chi connectivity index (χ4v) is 3.93. The van der Waals surface area contributed by atoms with Crippen LogP contribution in [0.5, 0.6) is 17.2 Å². The number of rotatable bonds is 8. The van der Waals surface area contributed by atoms with E-state index in [1.165, 1.54) is 13.2 Å². The van der Waals surface area contributed by atoms with Crippen molar-refractivity contribution in [3.63, 3.8) is 0 Å². The molecule has 0 unspecified atom stereocenters. The van der Waals surface area contributed by atoms with Gasteiger partial charge in [-0.3, -0.25) is 14.9 Å². The summed E-state index contributed by atoms with van der Waals surface area (Å²) in [5.41, 5.74) is 2.64. The number of nitrogens with zero attached hydrogens (tertiary/aromatic N) is 1. The number of barbiturate groups is 1. The van der Waals surface area contributed by atoms with Crippen molar-refractivity contribution in [1.82, 2.24) is 5.32 Å². The number of hydrogen-bond acceptors (Lipinski definition) is 6. The van der Waals surface area contributed by atoms with E-state index in [9.17, 15) is 14.4 Å². The summed E-state index contributed by atoms with van der Waals surface area (Å²) in [5.74, 6) is -0.217. The lowest BCUT2D eigenvalue weighted by Gasteiger charge is -2.26. The zero-order chi connectivity index (χ0) is 26.5. The zero-order valence-electron chi connectivity index (χ0n) is 20.5. The van der Waals surface area contributed by atoms with E-state index >= 15 is 0 Å². The number of halogens is 1. The molecule has 0 saturated carbocycles. The van der Waals surface area contributed by atoms with Crippen molar-refractivity contribution < 1.29 is 28.6 Å². The first-order valence-corrected chi connectivity index (χ1v) is 11.8. The predicted molar refractivity (Wildman–Crippen MR) is 140 cm³/mol. The van der Waals surface area contributed by atoms with Crippen molar-refractivity contribution in [2.24, 2.45) is 0 Å². The maximum atomic E-state index is 13.1. The maximum Gasteiger partial charge on any atom is 0.335 e. The van der Waals surface area contributed by atoms with Crippen LogP contribution in [0.15, 0.2) is 66.2 Å². The Morgan fingerprint density at radius 3 is 2.16 bits per heavy atom. The molecule has 3 aromatic carbocycles. The quantitative estimate of drug-likeness (QED) is 0.252. The Labute approximate surface area is 219 Å². The molecule has 1 N–H and O–H groups in total. The normalized spacial score (nSPS) is 14.5. The monoisotopic (exact) mass is 520 g/mol. The minimum absolute atomic E-state index is 0.207. The van der Waals surface area contributed by atoms with Crippen LogP contribution in [0.4, 0.5) is 10.5 Å². The summed E-state index contributed by atoms with van der Waals surface area (Å²) in [6, 6.07) is 16.8. The van der Waals surface area contributed by atoms with Crippen LogP contribution in [0.2, 0.25) is 5.02 Å². The number of methoxy groups -OCH3 is 1. The zero-order valence-corrected chi connectivity index (χ0v) is 21.3. The minimum Gasteiger partial charge on any atom is -0.493 e. The molecular weight excluding hydrogens is 496 g/mol. The summed E-state index contributed by atoms with van der Waals surface area (Å²) in [5, 5.41) is 2.42. The van der Waals surface area contributed by atoms with Gasteiger partial charge in [-0.2, -0.15) is 0 Å². The topological polar surface area (TPSA) is 94.2 Å². The highest BCUT2D eigenvalue weighted by Gasteiger charge is 2.36. The number of urea groups is 1. The summed E-state index contributed by atoms with van der Waals surface area (Å²) in [6.07, 6.45) is 1.35. The second-order valence-corrected chi connectivity index (χ2v) is 8.74. The van der Waals surface area contributed by atoms with Gasteiger partial charge in [0, 0.05) is 0 Å². The Morgan fingerprint density at radius 2 is 1.51 bits per heavy atom. The number of carbonyl (C=O) groups excluding carboxylic acids is 3. The van der Waals surface area contributed by atoms with Crippen LogP contribution >= 0.6 is 11.6 Å². The van der Waals surface area contributed by atoms with Crippen LogP contribution in [-0.4, -0.2) is 38.2 Å². The van der Waals surface area contributed by atoms with Crippen molar-refractivity contribution in [3.05, 3.63) is 87.9 Å². The fourth-order valence-electron chi connectivity index (χ4n) is 3.65.